The van der Waals surface area contributed by atoms with Crippen molar-refractivity contribution in [3.63, 3.8) is 0 Å². The maximum Gasteiger partial charge on any atom is 0.204 e. The third-order valence-corrected chi connectivity index (χ3v) is 4.51. The van der Waals surface area contributed by atoms with Crippen LogP contribution in [0.1, 0.15) is 43.0 Å². The van der Waals surface area contributed by atoms with Gasteiger partial charge >= 0.3 is 0 Å². The average Bonchev–Trinajstić information content (AvgIpc) is 2.63. The van der Waals surface area contributed by atoms with Crippen LogP contribution in [0.3, 0.4) is 0 Å². The lowest BCUT2D eigenvalue weighted by Gasteiger charge is -2.18. The van der Waals surface area contributed by atoms with Crippen molar-refractivity contribution in [2.45, 2.75) is 20.8 Å². The van der Waals surface area contributed by atoms with E-state index in [2.05, 4.69) is 0 Å². The van der Waals surface area contributed by atoms with Crippen molar-refractivity contribution in [3.8, 4) is 17.2 Å². The Morgan fingerprint density at radius 1 is 0.840 bits per heavy atom. The SMILES string of the molecule is COc1c(C=O)cc(C(=O)c2ccc(C)c(C)c2C)c(OC)c1OC. The van der Waals surface area contributed by atoms with E-state index in [9.17, 15) is 9.59 Å². The molecule has 2 rings (SSSR count). The largest absolute Gasteiger partial charge is 0.492 e. The molecule has 0 unspecified atom stereocenters. The van der Waals surface area contributed by atoms with Crippen LogP contribution in [0.25, 0.3) is 0 Å². The normalized spacial score (nSPS) is 10.3. The average molecular weight is 342 g/mol. The Labute approximate surface area is 147 Å². The van der Waals surface area contributed by atoms with Gasteiger partial charge in [0.15, 0.2) is 23.6 Å². The molecule has 0 fully saturated rings. The van der Waals surface area contributed by atoms with Gasteiger partial charge in [0.25, 0.3) is 0 Å². The molecule has 0 heterocycles. The molecule has 5 heteroatoms. The molecule has 0 aliphatic rings. The van der Waals surface area contributed by atoms with Crippen LogP contribution >= 0.6 is 0 Å². The van der Waals surface area contributed by atoms with E-state index >= 15 is 0 Å². The number of carbonyl (C=O) groups excluding carboxylic acids is 2. The third kappa shape index (κ3) is 3.09. The van der Waals surface area contributed by atoms with Crippen LogP contribution in [0.2, 0.25) is 0 Å². The molecular formula is C20H22O5. The third-order valence-electron chi connectivity index (χ3n) is 4.51. The van der Waals surface area contributed by atoms with Gasteiger partial charge in [-0.25, -0.2) is 0 Å². The molecule has 0 amide bonds. The van der Waals surface area contributed by atoms with Gasteiger partial charge in [0.05, 0.1) is 32.5 Å². The minimum absolute atomic E-state index is 0.222. The number of aldehydes is 1. The summed E-state index contributed by atoms with van der Waals surface area (Å²) in [6, 6.07) is 5.17. The summed E-state index contributed by atoms with van der Waals surface area (Å²) in [5.41, 5.74) is 4.11. The Morgan fingerprint density at radius 2 is 1.44 bits per heavy atom. The van der Waals surface area contributed by atoms with Crippen molar-refractivity contribution < 1.29 is 23.8 Å². The predicted octanol–water partition coefficient (Wildman–Crippen LogP) is 3.68. The summed E-state index contributed by atoms with van der Waals surface area (Å²) in [5.74, 6) is 0.469. The van der Waals surface area contributed by atoms with Gasteiger partial charge in [-0.3, -0.25) is 9.59 Å². The minimum Gasteiger partial charge on any atom is -0.492 e. The summed E-state index contributed by atoms with van der Waals surface area (Å²) in [7, 11) is 4.31. The first kappa shape index (κ1) is 18.5. The highest BCUT2D eigenvalue weighted by atomic mass is 16.5. The second kappa shape index (κ2) is 7.38. The van der Waals surface area contributed by atoms with Crippen LogP contribution in [0.4, 0.5) is 0 Å². The number of ether oxygens (including phenoxy) is 3. The lowest BCUT2D eigenvalue weighted by atomic mass is 9.92. The van der Waals surface area contributed by atoms with Gasteiger partial charge < -0.3 is 14.2 Å². The van der Waals surface area contributed by atoms with Gasteiger partial charge in [-0.1, -0.05) is 12.1 Å². The molecule has 0 saturated heterocycles. The standard InChI is InChI=1S/C20H22O5/c1-11-7-8-15(13(3)12(11)2)17(22)16-9-14(10-21)18(23-4)20(25-6)19(16)24-5/h7-10H,1-6H3. The Morgan fingerprint density at radius 3 is 1.96 bits per heavy atom. The van der Waals surface area contributed by atoms with Crippen LogP contribution in [0.5, 0.6) is 17.2 Å². The molecule has 25 heavy (non-hydrogen) atoms. The molecule has 5 nitrogen and oxygen atoms in total. The monoisotopic (exact) mass is 342 g/mol. The Hall–Kier alpha value is -2.82. The smallest absolute Gasteiger partial charge is 0.204 e. The van der Waals surface area contributed by atoms with E-state index in [0.717, 1.165) is 16.7 Å². The van der Waals surface area contributed by atoms with E-state index in [0.29, 0.717) is 11.8 Å². The molecule has 0 spiro atoms. The summed E-state index contributed by atoms with van der Waals surface area (Å²) < 4.78 is 16.0. The van der Waals surface area contributed by atoms with E-state index in [4.69, 9.17) is 14.2 Å². The molecule has 0 bridgehead atoms. The van der Waals surface area contributed by atoms with Gasteiger partial charge in [0.2, 0.25) is 5.75 Å². The summed E-state index contributed by atoms with van der Waals surface area (Å²) in [6.07, 6.45) is 0.630. The zero-order valence-corrected chi connectivity index (χ0v) is 15.4. The van der Waals surface area contributed by atoms with Crippen molar-refractivity contribution in [1.82, 2.24) is 0 Å². The summed E-state index contributed by atoms with van der Waals surface area (Å²) >= 11 is 0. The lowest BCUT2D eigenvalue weighted by molar-refractivity contribution is 0.103. The topological polar surface area (TPSA) is 61.8 Å². The van der Waals surface area contributed by atoms with E-state index in [1.807, 2.05) is 26.8 Å². The Kier molecular flexibility index (Phi) is 5.47. The van der Waals surface area contributed by atoms with E-state index in [1.54, 1.807) is 6.07 Å². The lowest BCUT2D eigenvalue weighted by Crippen LogP contribution is -2.10. The zero-order valence-electron chi connectivity index (χ0n) is 15.4. The van der Waals surface area contributed by atoms with Crippen LogP contribution in [-0.2, 0) is 0 Å². The van der Waals surface area contributed by atoms with Crippen molar-refractivity contribution in [3.05, 3.63) is 51.6 Å². The van der Waals surface area contributed by atoms with Crippen LogP contribution in [0, 0.1) is 20.8 Å². The highest BCUT2D eigenvalue weighted by Crippen LogP contribution is 2.43. The van der Waals surface area contributed by atoms with Gasteiger partial charge in [-0.2, -0.15) is 0 Å². The fourth-order valence-corrected chi connectivity index (χ4v) is 2.85. The fraction of sp³-hybridized carbons (Fsp3) is 0.300. The quantitative estimate of drug-likeness (QED) is 0.592. The van der Waals surface area contributed by atoms with E-state index < -0.39 is 0 Å². The highest BCUT2D eigenvalue weighted by Gasteiger charge is 2.26. The minimum atomic E-state index is -0.235. The summed E-state index contributed by atoms with van der Waals surface area (Å²) in [4.78, 5) is 24.6. The molecule has 2 aromatic rings. The first-order valence-electron chi connectivity index (χ1n) is 7.80. The molecule has 2 aromatic carbocycles. The van der Waals surface area contributed by atoms with Crippen molar-refractivity contribution in [2.75, 3.05) is 21.3 Å². The predicted molar refractivity (Wildman–Crippen MR) is 95.6 cm³/mol. The molecule has 0 atom stereocenters. The number of rotatable bonds is 6. The van der Waals surface area contributed by atoms with Crippen molar-refractivity contribution >= 4 is 12.1 Å². The highest BCUT2D eigenvalue weighted by molar-refractivity contribution is 6.13. The van der Waals surface area contributed by atoms with Crippen molar-refractivity contribution in [1.29, 1.82) is 0 Å². The fourth-order valence-electron chi connectivity index (χ4n) is 2.85. The van der Waals surface area contributed by atoms with E-state index in [1.165, 1.54) is 27.4 Å². The molecule has 0 aliphatic carbocycles. The van der Waals surface area contributed by atoms with Gasteiger partial charge in [0, 0.05) is 5.56 Å². The number of ketones is 1. The van der Waals surface area contributed by atoms with Crippen LogP contribution in [-0.4, -0.2) is 33.4 Å². The number of hydrogen-bond acceptors (Lipinski definition) is 5. The van der Waals surface area contributed by atoms with Gasteiger partial charge in [-0.15, -0.1) is 0 Å². The number of aryl methyl sites for hydroxylation is 1. The van der Waals surface area contributed by atoms with Gasteiger partial charge in [-0.05, 0) is 43.5 Å². The molecule has 0 aromatic heterocycles. The van der Waals surface area contributed by atoms with Crippen LogP contribution in [0.15, 0.2) is 18.2 Å². The van der Waals surface area contributed by atoms with Gasteiger partial charge in [0.1, 0.15) is 0 Å². The number of carbonyl (C=O) groups is 2. The Bertz CT molecular complexity index is 837. The molecule has 132 valence electrons. The van der Waals surface area contributed by atoms with Crippen LogP contribution < -0.4 is 14.2 Å². The second-order valence-electron chi connectivity index (χ2n) is 5.74. The maximum absolute atomic E-state index is 13.2. The molecule has 0 saturated carbocycles. The number of benzene rings is 2. The number of methoxy groups -OCH3 is 3. The van der Waals surface area contributed by atoms with E-state index in [-0.39, 0.29) is 34.2 Å². The summed E-state index contributed by atoms with van der Waals surface area (Å²) in [5, 5.41) is 0. The maximum atomic E-state index is 13.2. The number of hydrogen-bond donors (Lipinski definition) is 0. The molecule has 0 N–H and O–H groups in total. The Balaban J connectivity index is 2.76. The zero-order chi connectivity index (χ0) is 18.7. The molecular weight excluding hydrogens is 320 g/mol. The first-order valence-corrected chi connectivity index (χ1v) is 7.80. The molecule has 0 radical (unpaired) electrons. The second-order valence-corrected chi connectivity index (χ2v) is 5.74. The summed E-state index contributed by atoms with van der Waals surface area (Å²) in [6.45, 7) is 5.88. The molecule has 0 aliphatic heterocycles. The first-order chi connectivity index (χ1) is 11.9. The van der Waals surface area contributed by atoms with Crippen molar-refractivity contribution in [2.24, 2.45) is 0 Å².